The lowest BCUT2D eigenvalue weighted by molar-refractivity contribution is -0.121. The van der Waals surface area contributed by atoms with Crippen molar-refractivity contribution in [3.8, 4) is 5.75 Å². The molecule has 0 aliphatic rings. The van der Waals surface area contributed by atoms with Crippen molar-refractivity contribution >= 4 is 34.9 Å². The summed E-state index contributed by atoms with van der Waals surface area (Å²) in [5.41, 5.74) is 0. The number of carbonyl (C=O) groups is 2. The molecule has 0 bridgehead atoms. The summed E-state index contributed by atoms with van der Waals surface area (Å²) in [4.78, 5) is 22.1. The Morgan fingerprint density at radius 2 is 2.00 bits per heavy atom. The van der Waals surface area contributed by atoms with E-state index < -0.39 is 0 Å². The fourth-order valence-corrected chi connectivity index (χ4v) is 1.94. The Morgan fingerprint density at radius 1 is 1.25 bits per heavy atom. The molecule has 0 radical (unpaired) electrons. The highest BCUT2D eigenvalue weighted by Crippen LogP contribution is 2.27. The van der Waals surface area contributed by atoms with E-state index in [1.165, 1.54) is 6.92 Å². The molecule has 0 aliphatic carbocycles. The minimum Gasteiger partial charge on any atom is -0.492 e. The van der Waals surface area contributed by atoms with Crippen LogP contribution in [0.4, 0.5) is 0 Å². The molecule has 0 saturated carbocycles. The SMILES string of the molecule is CC(=O)CCNC(=O)CCCOc1ccc(Cl)cc1Cl. The molecule has 0 heterocycles. The van der Waals surface area contributed by atoms with Crippen LogP contribution >= 0.6 is 23.2 Å². The van der Waals surface area contributed by atoms with E-state index in [9.17, 15) is 9.59 Å². The fraction of sp³-hybridized carbons (Fsp3) is 0.429. The molecule has 0 atom stereocenters. The van der Waals surface area contributed by atoms with E-state index in [-0.39, 0.29) is 11.7 Å². The van der Waals surface area contributed by atoms with Crippen LogP contribution in [0.3, 0.4) is 0 Å². The molecule has 0 saturated heterocycles. The van der Waals surface area contributed by atoms with Gasteiger partial charge < -0.3 is 10.1 Å². The highest BCUT2D eigenvalue weighted by Gasteiger charge is 2.04. The molecule has 20 heavy (non-hydrogen) atoms. The summed E-state index contributed by atoms with van der Waals surface area (Å²) >= 11 is 11.7. The number of halogens is 2. The van der Waals surface area contributed by atoms with E-state index in [4.69, 9.17) is 27.9 Å². The topological polar surface area (TPSA) is 55.4 Å². The lowest BCUT2D eigenvalue weighted by Gasteiger charge is -2.08. The minimum atomic E-state index is -0.0861. The van der Waals surface area contributed by atoms with Crippen molar-refractivity contribution in [3.05, 3.63) is 28.2 Å². The number of ketones is 1. The van der Waals surface area contributed by atoms with Crippen LogP contribution in [0.1, 0.15) is 26.2 Å². The molecule has 6 heteroatoms. The standard InChI is InChI=1S/C14H17Cl2NO3/c1-10(18)6-7-17-14(19)3-2-8-20-13-5-4-11(15)9-12(13)16/h4-5,9H,2-3,6-8H2,1H3,(H,17,19). The van der Waals surface area contributed by atoms with Crippen molar-refractivity contribution in [2.75, 3.05) is 13.2 Å². The van der Waals surface area contributed by atoms with Gasteiger partial charge in [-0.05, 0) is 31.5 Å². The van der Waals surface area contributed by atoms with Crippen molar-refractivity contribution in [3.63, 3.8) is 0 Å². The maximum atomic E-state index is 11.4. The first-order valence-corrected chi connectivity index (χ1v) is 7.08. The normalized spacial score (nSPS) is 10.2. The molecular formula is C14H17Cl2NO3. The third kappa shape index (κ3) is 6.78. The number of hydrogen-bond acceptors (Lipinski definition) is 3. The Bertz CT molecular complexity index is 477. The monoisotopic (exact) mass is 317 g/mol. The van der Waals surface area contributed by atoms with Gasteiger partial charge in [-0.25, -0.2) is 0 Å². The fourth-order valence-electron chi connectivity index (χ4n) is 1.47. The second kappa shape index (κ2) is 8.82. The first-order chi connectivity index (χ1) is 9.49. The van der Waals surface area contributed by atoms with Crippen LogP contribution in [0.5, 0.6) is 5.75 Å². The van der Waals surface area contributed by atoms with Crippen LogP contribution in [-0.2, 0) is 9.59 Å². The molecule has 0 aliphatic heterocycles. The van der Waals surface area contributed by atoms with Gasteiger partial charge in [0.1, 0.15) is 11.5 Å². The van der Waals surface area contributed by atoms with Crippen LogP contribution < -0.4 is 10.1 Å². The van der Waals surface area contributed by atoms with Gasteiger partial charge in [-0.2, -0.15) is 0 Å². The van der Waals surface area contributed by atoms with Crippen molar-refractivity contribution in [1.29, 1.82) is 0 Å². The Balaban J connectivity index is 2.18. The summed E-state index contributed by atoms with van der Waals surface area (Å²) in [6.45, 7) is 2.27. The molecule has 1 aromatic rings. The van der Waals surface area contributed by atoms with E-state index in [1.807, 2.05) is 0 Å². The molecule has 1 aromatic carbocycles. The summed E-state index contributed by atoms with van der Waals surface area (Å²) in [5, 5.41) is 3.67. The van der Waals surface area contributed by atoms with E-state index in [0.29, 0.717) is 48.2 Å². The van der Waals surface area contributed by atoms with Gasteiger partial charge in [-0.1, -0.05) is 23.2 Å². The molecular weight excluding hydrogens is 301 g/mol. The number of ether oxygens (including phenoxy) is 1. The molecule has 1 N–H and O–H groups in total. The number of Topliss-reactive ketones (excluding diaryl/α,β-unsaturated/α-hetero) is 1. The Labute approximate surface area is 128 Å². The largest absolute Gasteiger partial charge is 0.492 e. The number of benzene rings is 1. The second-order valence-corrected chi connectivity index (χ2v) is 5.17. The summed E-state index contributed by atoms with van der Waals surface area (Å²) in [6.07, 6.45) is 1.29. The molecule has 1 rings (SSSR count). The summed E-state index contributed by atoms with van der Waals surface area (Å²) < 4.78 is 5.46. The molecule has 110 valence electrons. The number of carbonyl (C=O) groups excluding carboxylic acids is 2. The lowest BCUT2D eigenvalue weighted by Crippen LogP contribution is -2.25. The number of nitrogens with one attached hydrogen (secondary N) is 1. The van der Waals surface area contributed by atoms with Gasteiger partial charge >= 0.3 is 0 Å². The Kier molecular flexibility index (Phi) is 7.41. The number of amides is 1. The van der Waals surface area contributed by atoms with Gasteiger partial charge in [0, 0.05) is 24.4 Å². The van der Waals surface area contributed by atoms with Gasteiger partial charge in [-0.15, -0.1) is 0 Å². The third-order valence-electron chi connectivity index (χ3n) is 2.50. The molecule has 1 amide bonds. The predicted molar refractivity (Wildman–Crippen MR) is 79.5 cm³/mol. The van der Waals surface area contributed by atoms with Gasteiger partial charge in [0.05, 0.1) is 11.6 Å². The van der Waals surface area contributed by atoms with Crippen LogP contribution in [0.15, 0.2) is 18.2 Å². The first-order valence-electron chi connectivity index (χ1n) is 6.33. The average molecular weight is 318 g/mol. The van der Waals surface area contributed by atoms with Crippen molar-refractivity contribution < 1.29 is 14.3 Å². The van der Waals surface area contributed by atoms with Crippen molar-refractivity contribution in [2.45, 2.75) is 26.2 Å². The van der Waals surface area contributed by atoms with E-state index in [1.54, 1.807) is 18.2 Å². The molecule has 4 nitrogen and oxygen atoms in total. The summed E-state index contributed by atoms with van der Waals surface area (Å²) in [6, 6.07) is 4.99. The van der Waals surface area contributed by atoms with Crippen molar-refractivity contribution in [1.82, 2.24) is 5.32 Å². The quantitative estimate of drug-likeness (QED) is 0.749. The number of rotatable bonds is 8. The van der Waals surface area contributed by atoms with Gasteiger partial charge in [0.2, 0.25) is 5.91 Å². The third-order valence-corrected chi connectivity index (χ3v) is 3.03. The minimum absolute atomic E-state index is 0.0611. The average Bonchev–Trinajstić information content (AvgIpc) is 2.36. The van der Waals surface area contributed by atoms with Gasteiger partial charge in [0.15, 0.2) is 0 Å². The van der Waals surface area contributed by atoms with Gasteiger partial charge in [0.25, 0.3) is 0 Å². The molecule has 0 unspecified atom stereocenters. The zero-order valence-corrected chi connectivity index (χ0v) is 12.8. The van der Waals surface area contributed by atoms with E-state index in [0.717, 1.165) is 0 Å². The zero-order valence-electron chi connectivity index (χ0n) is 11.2. The lowest BCUT2D eigenvalue weighted by atomic mass is 10.3. The number of hydrogen-bond donors (Lipinski definition) is 1. The second-order valence-electron chi connectivity index (χ2n) is 4.33. The van der Waals surface area contributed by atoms with Crippen LogP contribution in [-0.4, -0.2) is 24.8 Å². The van der Waals surface area contributed by atoms with E-state index in [2.05, 4.69) is 5.32 Å². The molecule has 0 fully saturated rings. The highest BCUT2D eigenvalue weighted by atomic mass is 35.5. The van der Waals surface area contributed by atoms with Crippen LogP contribution in [0, 0.1) is 0 Å². The van der Waals surface area contributed by atoms with Crippen LogP contribution in [0.2, 0.25) is 10.0 Å². The maximum Gasteiger partial charge on any atom is 0.220 e. The predicted octanol–water partition coefficient (Wildman–Crippen LogP) is 3.25. The Hall–Kier alpha value is -1.26. The zero-order chi connectivity index (χ0) is 15.0. The van der Waals surface area contributed by atoms with Crippen LogP contribution in [0.25, 0.3) is 0 Å². The summed E-state index contributed by atoms with van der Waals surface area (Å²) in [5.74, 6) is 0.524. The first kappa shape index (κ1) is 16.8. The van der Waals surface area contributed by atoms with E-state index >= 15 is 0 Å². The highest BCUT2D eigenvalue weighted by molar-refractivity contribution is 6.35. The Morgan fingerprint density at radius 3 is 2.65 bits per heavy atom. The smallest absolute Gasteiger partial charge is 0.220 e. The molecule has 0 aromatic heterocycles. The van der Waals surface area contributed by atoms with Crippen molar-refractivity contribution in [2.24, 2.45) is 0 Å². The van der Waals surface area contributed by atoms with Gasteiger partial charge in [-0.3, -0.25) is 9.59 Å². The summed E-state index contributed by atoms with van der Waals surface area (Å²) in [7, 11) is 0. The molecule has 0 spiro atoms. The maximum absolute atomic E-state index is 11.4.